The summed E-state index contributed by atoms with van der Waals surface area (Å²) in [6, 6.07) is 10.3. The molecule has 0 atom stereocenters. The van der Waals surface area contributed by atoms with E-state index >= 15 is 0 Å². The van der Waals surface area contributed by atoms with Gasteiger partial charge in [0.2, 0.25) is 0 Å². The first-order chi connectivity index (χ1) is 8.27. The highest BCUT2D eigenvalue weighted by Gasteiger charge is 2.08. The molecule has 0 bridgehead atoms. The molecule has 0 radical (unpaired) electrons. The van der Waals surface area contributed by atoms with E-state index in [1.165, 1.54) is 6.07 Å². The van der Waals surface area contributed by atoms with E-state index in [2.05, 4.69) is 4.98 Å². The monoisotopic (exact) mass is 226 g/mol. The van der Waals surface area contributed by atoms with Crippen LogP contribution in [0.25, 0.3) is 12.2 Å². The lowest BCUT2D eigenvalue weighted by Gasteiger charge is -1.96. The number of para-hydroxylation sites is 1. The van der Waals surface area contributed by atoms with Gasteiger partial charge in [0.15, 0.2) is 0 Å². The van der Waals surface area contributed by atoms with Crippen molar-refractivity contribution < 1.29 is 4.92 Å². The van der Waals surface area contributed by atoms with Gasteiger partial charge in [0.1, 0.15) is 0 Å². The van der Waals surface area contributed by atoms with Gasteiger partial charge in [0, 0.05) is 18.5 Å². The zero-order valence-corrected chi connectivity index (χ0v) is 8.98. The highest BCUT2D eigenvalue weighted by atomic mass is 16.6. The fraction of sp³-hybridized carbons (Fsp3) is 0. The van der Waals surface area contributed by atoms with Crippen molar-refractivity contribution in [1.82, 2.24) is 4.98 Å². The second kappa shape index (κ2) is 5.03. The van der Waals surface area contributed by atoms with E-state index in [9.17, 15) is 10.1 Å². The molecule has 0 N–H and O–H groups in total. The lowest BCUT2D eigenvalue weighted by atomic mass is 10.1. The Kier molecular flexibility index (Phi) is 3.25. The van der Waals surface area contributed by atoms with Gasteiger partial charge in [-0.2, -0.15) is 0 Å². The molecule has 0 amide bonds. The average Bonchev–Trinajstić information content (AvgIpc) is 2.38. The molecule has 4 nitrogen and oxygen atoms in total. The van der Waals surface area contributed by atoms with E-state index in [-0.39, 0.29) is 10.6 Å². The minimum absolute atomic E-state index is 0.109. The van der Waals surface area contributed by atoms with Crippen LogP contribution in [-0.2, 0) is 0 Å². The second-order valence-corrected chi connectivity index (χ2v) is 3.43. The maximum Gasteiger partial charge on any atom is 0.276 e. The molecule has 17 heavy (non-hydrogen) atoms. The summed E-state index contributed by atoms with van der Waals surface area (Å²) in [5, 5.41) is 10.8. The lowest BCUT2D eigenvalue weighted by Crippen LogP contribution is -1.90. The zero-order valence-electron chi connectivity index (χ0n) is 8.98. The Morgan fingerprint density at radius 3 is 2.47 bits per heavy atom. The fourth-order valence-electron chi connectivity index (χ4n) is 1.46. The Hall–Kier alpha value is -2.49. The third-order valence-corrected chi connectivity index (χ3v) is 2.29. The summed E-state index contributed by atoms with van der Waals surface area (Å²) in [4.78, 5) is 14.3. The third-order valence-electron chi connectivity index (χ3n) is 2.29. The number of benzene rings is 1. The van der Waals surface area contributed by atoms with E-state index < -0.39 is 0 Å². The molecule has 1 aromatic heterocycles. The van der Waals surface area contributed by atoms with Crippen molar-refractivity contribution >= 4 is 17.8 Å². The molecular weight excluding hydrogens is 216 g/mol. The third kappa shape index (κ3) is 2.75. The largest absolute Gasteiger partial charge is 0.276 e. The minimum atomic E-state index is -0.383. The van der Waals surface area contributed by atoms with Crippen molar-refractivity contribution in [2.75, 3.05) is 0 Å². The normalized spacial score (nSPS) is 10.6. The van der Waals surface area contributed by atoms with Gasteiger partial charge in [-0.05, 0) is 29.8 Å². The Balaban J connectivity index is 2.30. The Bertz CT molecular complexity index is 550. The number of hydrogen-bond acceptors (Lipinski definition) is 3. The summed E-state index contributed by atoms with van der Waals surface area (Å²) >= 11 is 0. The quantitative estimate of drug-likeness (QED) is 0.596. The van der Waals surface area contributed by atoms with Crippen LogP contribution in [0.1, 0.15) is 11.1 Å². The standard InChI is InChI=1S/C13H10N2O2/c16-15(17)13-4-2-1-3-12(13)6-5-11-7-9-14-10-8-11/h1-10H/b6-5+. The van der Waals surface area contributed by atoms with Crippen LogP contribution in [0.4, 0.5) is 5.69 Å². The van der Waals surface area contributed by atoms with Crippen molar-refractivity contribution in [2.45, 2.75) is 0 Å². The SMILES string of the molecule is O=[N+]([O-])c1ccccc1/C=C/c1ccncc1. The van der Waals surface area contributed by atoms with E-state index in [0.29, 0.717) is 5.56 Å². The van der Waals surface area contributed by atoms with Gasteiger partial charge in [-0.3, -0.25) is 15.1 Å². The molecule has 4 heteroatoms. The lowest BCUT2D eigenvalue weighted by molar-refractivity contribution is -0.385. The first-order valence-electron chi connectivity index (χ1n) is 5.09. The van der Waals surface area contributed by atoms with Crippen LogP contribution < -0.4 is 0 Å². The van der Waals surface area contributed by atoms with Crippen LogP contribution in [0.5, 0.6) is 0 Å². The summed E-state index contributed by atoms with van der Waals surface area (Å²) in [5.41, 5.74) is 1.66. The predicted molar refractivity (Wildman–Crippen MR) is 66.3 cm³/mol. The average molecular weight is 226 g/mol. The molecule has 1 heterocycles. The number of nitro groups is 1. The summed E-state index contributed by atoms with van der Waals surface area (Å²) in [6.07, 6.45) is 6.91. The van der Waals surface area contributed by atoms with Crippen LogP contribution in [0, 0.1) is 10.1 Å². The number of nitrogens with zero attached hydrogens (tertiary/aromatic N) is 2. The van der Waals surface area contributed by atoms with E-state index in [1.54, 1.807) is 36.7 Å². The highest BCUT2D eigenvalue weighted by molar-refractivity contribution is 5.73. The molecular formula is C13H10N2O2. The maximum atomic E-state index is 10.8. The van der Waals surface area contributed by atoms with E-state index in [1.807, 2.05) is 18.2 Å². The summed E-state index contributed by atoms with van der Waals surface area (Å²) in [6.45, 7) is 0. The Morgan fingerprint density at radius 2 is 1.76 bits per heavy atom. The van der Waals surface area contributed by atoms with Gasteiger partial charge in [0.05, 0.1) is 10.5 Å². The number of hydrogen-bond donors (Lipinski definition) is 0. The molecule has 0 spiro atoms. The summed E-state index contributed by atoms with van der Waals surface area (Å²) in [7, 11) is 0. The van der Waals surface area contributed by atoms with Crippen LogP contribution in [0.15, 0.2) is 48.8 Å². The van der Waals surface area contributed by atoms with Crippen molar-refractivity contribution in [3.05, 3.63) is 70.0 Å². The highest BCUT2D eigenvalue weighted by Crippen LogP contribution is 2.19. The van der Waals surface area contributed by atoms with Gasteiger partial charge < -0.3 is 0 Å². The topological polar surface area (TPSA) is 56.0 Å². The number of rotatable bonds is 3. The molecule has 0 aliphatic rings. The number of nitro benzene ring substituents is 1. The van der Waals surface area contributed by atoms with E-state index in [0.717, 1.165) is 5.56 Å². The van der Waals surface area contributed by atoms with Gasteiger partial charge in [-0.25, -0.2) is 0 Å². The van der Waals surface area contributed by atoms with Crippen LogP contribution in [0.2, 0.25) is 0 Å². The van der Waals surface area contributed by atoms with Gasteiger partial charge in [-0.15, -0.1) is 0 Å². The van der Waals surface area contributed by atoms with Crippen molar-refractivity contribution in [1.29, 1.82) is 0 Å². The summed E-state index contributed by atoms with van der Waals surface area (Å²) < 4.78 is 0. The molecule has 2 aromatic rings. The summed E-state index contributed by atoms with van der Waals surface area (Å²) in [5.74, 6) is 0. The van der Waals surface area contributed by atoms with Gasteiger partial charge in [0.25, 0.3) is 5.69 Å². The van der Waals surface area contributed by atoms with Crippen LogP contribution in [-0.4, -0.2) is 9.91 Å². The molecule has 84 valence electrons. The smallest absolute Gasteiger partial charge is 0.265 e. The molecule has 1 aromatic carbocycles. The maximum absolute atomic E-state index is 10.8. The van der Waals surface area contributed by atoms with Gasteiger partial charge in [-0.1, -0.05) is 18.2 Å². The van der Waals surface area contributed by atoms with Crippen molar-refractivity contribution in [3.8, 4) is 0 Å². The second-order valence-electron chi connectivity index (χ2n) is 3.43. The fourth-order valence-corrected chi connectivity index (χ4v) is 1.46. The van der Waals surface area contributed by atoms with Gasteiger partial charge >= 0.3 is 0 Å². The molecule has 0 aliphatic heterocycles. The molecule has 0 aliphatic carbocycles. The number of pyridine rings is 1. The minimum Gasteiger partial charge on any atom is -0.265 e. The molecule has 0 saturated heterocycles. The van der Waals surface area contributed by atoms with Crippen LogP contribution in [0.3, 0.4) is 0 Å². The first kappa shape index (κ1) is 11.0. The number of aromatic nitrogens is 1. The molecule has 0 fully saturated rings. The van der Waals surface area contributed by atoms with E-state index in [4.69, 9.17) is 0 Å². The molecule has 2 rings (SSSR count). The molecule has 0 unspecified atom stereocenters. The van der Waals surface area contributed by atoms with Crippen molar-refractivity contribution in [2.24, 2.45) is 0 Å². The Labute approximate surface area is 98.4 Å². The van der Waals surface area contributed by atoms with Crippen LogP contribution >= 0.6 is 0 Å². The molecule has 0 saturated carbocycles. The predicted octanol–water partition coefficient (Wildman–Crippen LogP) is 3.16. The Morgan fingerprint density at radius 1 is 1.06 bits per heavy atom. The first-order valence-corrected chi connectivity index (χ1v) is 5.09. The zero-order chi connectivity index (χ0) is 12.1. The van der Waals surface area contributed by atoms with Crippen molar-refractivity contribution in [3.63, 3.8) is 0 Å².